The zero-order valence-electron chi connectivity index (χ0n) is 7.78. The molecule has 0 radical (unpaired) electrons. The molecule has 10 heavy (non-hydrogen) atoms. The number of hydrogen-bond acceptors (Lipinski definition) is 0. The van der Waals surface area contributed by atoms with Gasteiger partial charge >= 0.3 is 0 Å². The molecule has 0 amide bonds. The Balaban J connectivity index is 2.66. The molecule has 0 heteroatoms. The van der Waals surface area contributed by atoms with Gasteiger partial charge in [0.1, 0.15) is 0 Å². The second-order valence-corrected chi connectivity index (χ2v) is 4.45. The van der Waals surface area contributed by atoms with Gasteiger partial charge in [0.25, 0.3) is 0 Å². The van der Waals surface area contributed by atoms with Gasteiger partial charge in [-0.1, -0.05) is 40.5 Å². The molecule has 1 rings (SSSR count). The maximum absolute atomic E-state index is 2.45. The standard InChI is InChI=1S/C10H20/c1-8(2)10(4)7-5-6-9(10)3/h8-9H,5-7H2,1-4H3/t9-,10?/m0/s1. The van der Waals surface area contributed by atoms with E-state index in [2.05, 4.69) is 27.7 Å². The first-order chi connectivity index (χ1) is 4.57. The van der Waals surface area contributed by atoms with Crippen LogP contribution in [0, 0.1) is 17.3 Å². The Morgan fingerprint density at radius 3 is 2.20 bits per heavy atom. The van der Waals surface area contributed by atoms with Crippen LogP contribution in [0.25, 0.3) is 0 Å². The molecule has 0 N–H and O–H groups in total. The van der Waals surface area contributed by atoms with Gasteiger partial charge < -0.3 is 0 Å². The van der Waals surface area contributed by atoms with Crippen LogP contribution >= 0.6 is 0 Å². The summed E-state index contributed by atoms with van der Waals surface area (Å²) in [6.07, 6.45) is 4.36. The summed E-state index contributed by atoms with van der Waals surface area (Å²) in [5, 5.41) is 0. The molecule has 2 atom stereocenters. The lowest BCUT2D eigenvalue weighted by atomic mass is 9.72. The van der Waals surface area contributed by atoms with Crippen molar-refractivity contribution in [3.05, 3.63) is 0 Å². The molecule has 0 nitrogen and oxygen atoms in total. The highest BCUT2D eigenvalue weighted by Crippen LogP contribution is 2.47. The largest absolute Gasteiger partial charge is 0.0622 e. The van der Waals surface area contributed by atoms with E-state index in [0.717, 1.165) is 11.8 Å². The summed E-state index contributed by atoms with van der Waals surface area (Å²) in [5.41, 5.74) is 0.653. The Hall–Kier alpha value is 0. The van der Waals surface area contributed by atoms with Gasteiger partial charge in [0.05, 0.1) is 0 Å². The van der Waals surface area contributed by atoms with Gasteiger partial charge in [-0.3, -0.25) is 0 Å². The average molecular weight is 140 g/mol. The van der Waals surface area contributed by atoms with E-state index in [1.54, 1.807) is 0 Å². The molecule has 0 spiro atoms. The first-order valence-electron chi connectivity index (χ1n) is 4.57. The quantitative estimate of drug-likeness (QED) is 0.523. The van der Waals surface area contributed by atoms with E-state index in [9.17, 15) is 0 Å². The Kier molecular flexibility index (Phi) is 2.07. The van der Waals surface area contributed by atoms with Crippen molar-refractivity contribution in [1.82, 2.24) is 0 Å². The summed E-state index contributed by atoms with van der Waals surface area (Å²) < 4.78 is 0. The normalized spacial score (nSPS) is 41.1. The van der Waals surface area contributed by atoms with Crippen LogP contribution in [-0.4, -0.2) is 0 Å². The third-order valence-corrected chi connectivity index (χ3v) is 3.80. The van der Waals surface area contributed by atoms with Gasteiger partial charge in [0.2, 0.25) is 0 Å². The third-order valence-electron chi connectivity index (χ3n) is 3.80. The van der Waals surface area contributed by atoms with E-state index in [1.807, 2.05) is 0 Å². The van der Waals surface area contributed by atoms with Crippen molar-refractivity contribution in [2.24, 2.45) is 17.3 Å². The molecule has 0 aromatic rings. The van der Waals surface area contributed by atoms with Crippen molar-refractivity contribution in [2.75, 3.05) is 0 Å². The summed E-state index contributed by atoms with van der Waals surface area (Å²) in [6, 6.07) is 0. The highest BCUT2D eigenvalue weighted by atomic mass is 14.4. The predicted octanol–water partition coefficient (Wildman–Crippen LogP) is 3.47. The molecule has 1 saturated carbocycles. The molecule has 60 valence electrons. The van der Waals surface area contributed by atoms with Crippen molar-refractivity contribution < 1.29 is 0 Å². The first kappa shape index (κ1) is 8.10. The maximum Gasteiger partial charge on any atom is -0.0277 e. The van der Waals surface area contributed by atoms with Crippen LogP contribution in [0.2, 0.25) is 0 Å². The molecule has 0 aromatic heterocycles. The monoisotopic (exact) mass is 140 g/mol. The Morgan fingerprint density at radius 2 is 2.00 bits per heavy atom. The third kappa shape index (κ3) is 1.09. The van der Waals surface area contributed by atoms with Crippen LogP contribution in [-0.2, 0) is 0 Å². The minimum absolute atomic E-state index is 0.653. The van der Waals surface area contributed by atoms with Gasteiger partial charge in [0.15, 0.2) is 0 Å². The van der Waals surface area contributed by atoms with Gasteiger partial charge in [-0.15, -0.1) is 0 Å². The Morgan fingerprint density at radius 1 is 1.40 bits per heavy atom. The van der Waals surface area contributed by atoms with Crippen LogP contribution < -0.4 is 0 Å². The summed E-state index contributed by atoms with van der Waals surface area (Å²) in [7, 11) is 0. The maximum atomic E-state index is 2.45. The second-order valence-electron chi connectivity index (χ2n) is 4.45. The van der Waals surface area contributed by atoms with Crippen molar-refractivity contribution in [3.8, 4) is 0 Å². The van der Waals surface area contributed by atoms with Crippen molar-refractivity contribution >= 4 is 0 Å². The Labute approximate surface area is 65.0 Å². The molecule has 1 fully saturated rings. The second kappa shape index (κ2) is 2.56. The minimum atomic E-state index is 0.653. The van der Waals surface area contributed by atoms with Crippen LogP contribution in [0.4, 0.5) is 0 Å². The lowest BCUT2D eigenvalue weighted by Gasteiger charge is -2.33. The van der Waals surface area contributed by atoms with Crippen LogP contribution in [0.3, 0.4) is 0 Å². The van der Waals surface area contributed by atoms with E-state index in [4.69, 9.17) is 0 Å². The van der Waals surface area contributed by atoms with Gasteiger partial charge in [-0.25, -0.2) is 0 Å². The van der Waals surface area contributed by atoms with Gasteiger partial charge in [-0.05, 0) is 23.7 Å². The molecule has 0 heterocycles. The highest BCUT2D eigenvalue weighted by Gasteiger charge is 2.37. The number of rotatable bonds is 1. The molecule has 1 aliphatic carbocycles. The highest BCUT2D eigenvalue weighted by molar-refractivity contribution is 4.88. The topological polar surface area (TPSA) is 0 Å². The zero-order valence-corrected chi connectivity index (χ0v) is 7.78. The smallest absolute Gasteiger partial charge is 0.0277 e. The summed E-state index contributed by atoms with van der Waals surface area (Å²) in [5.74, 6) is 1.82. The molecule has 0 aliphatic heterocycles. The van der Waals surface area contributed by atoms with Crippen LogP contribution in [0.15, 0.2) is 0 Å². The van der Waals surface area contributed by atoms with Crippen molar-refractivity contribution in [1.29, 1.82) is 0 Å². The predicted molar refractivity (Wildman–Crippen MR) is 46.0 cm³/mol. The van der Waals surface area contributed by atoms with Gasteiger partial charge in [0, 0.05) is 0 Å². The van der Waals surface area contributed by atoms with Crippen molar-refractivity contribution in [3.63, 3.8) is 0 Å². The molecule has 0 saturated heterocycles. The van der Waals surface area contributed by atoms with Crippen molar-refractivity contribution in [2.45, 2.75) is 47.0 Å². The fourth-order valence-electron chi connectivity index (χ4n) is 2.22. The van der Waals surface area contributed by atoms with Crippen LogP contribution in [0.5, 0.6) is 0 Å². The fourth-order valence-corrected chi connectivity index (χ4v) is 2.22. The zero-order chi connectivity index (χ0) is 7.78. The summed E-state index contributed by atoms with van der Waals surface area (Å²) in [4.78, 5) is 0. The fraction of sp³-hybridized carbons (Fsp3) is 1.00. The SMILES string of the molecule is CC(C)C1(C)CCC[C@@H]1C. The average Bonchev–Trinajstić information content (AvgIpc) is 2.15. The first-order valence-corrected chi connectivity index (χ1v) is 4.57. The molecular weight excluding hydrogens is 120 g/mol. The van der Waals surface area contributed by atoms with E-state index >= 15 is 0 Å². The molecular formula is C10H20. The van der Waals surface area contributed by atoms with E-state index in [-0.39, 0.29) is 0 Å². The lowest BCUT2D eigenvalue weighted by Crippen LogP contribution is -2.25. The van der Waals surface area contributed by atoms with E-state index in [0.29, 0.717) is 5.41 Å². The summed E-state index contributed by atoms with van der Waals surface area (Å²) in [6.45, 7) is 9.59. The Bertz CT molecular complexity index is 115. The lowest BCUT2D eigenvalue weighted by molar-refractivity contribution is 0.161. The molecule has 0 bridgehead atoms. The molecule has 1 unspecified atom stereocenters. The molecule has 0 aromatic carbocycles. The molecule has 1 aliphatic rings. The van der Waals surface area contributed by atoms with Crippen LogP contribution in [0.1, 0.15) is 47.0 Å². The number of hydrogen-bond donors (Lipinski definition) is 0. The minimum Gasteiger partial charge on any atom is -0.0622 e. The van der Waals surface area contributed by atoms with E-state index < -0.39 is 0 Å². The summed E-state index contributed by atoms with van der Waals surface area (Å²) >= 11 is 0. The van der Waals surface area contributed by atoms with Gasteiger partial charge in [-0.2, -0.15) is 0 Å². The van der Waals surface area contributed by atoms with E-state index in [1.165, 1.54) is 19.3 Å².